The zero-order valence-corrected chi connectivity index (χ0v) is 13.2. The number of carbonyl (C=O) groups is 1. The molecule has 0 bridgehead atoms. The van der Waals surface area contributed by atoms with Crippen molar-refractivity contribution in [1.29, 1.82) is 0 Å². The maximum absolute atomic E-state index is 12.3. The van der Waals surface area contributed by atoms with Crippen LogP contribution in [-0.4, -0.2) is 25.2 Å². The Morgan fingerprint density at radius 3 is 2.74 bits per heavy atom. The summed E-state index contributed by atoms with van der Waals surface area (Å²) in [5.74, 6) is 0.529. The second-order valence-electron chi connectivity index (χ2n) is 5.76. The van der Waals surface area contributed by atoms with Crippen molar-refractivity contribution in [2.45, 2.75) is 25.9 Å². The van der Waals surface area contributed by atoms with Gasteiger partial charge in [0.25, 0.3) is 5.91 Å². The molecule has 1 atom stereocenters. The van der Waals surface area contributed by atoms with Gasteiger partial charge in [0.2, 0.25) is 0 Å². The predicted molar refractivity (Wildman–Crippen MR) is 90.0 cm³/mol. The molecule has 0 unspecified atom stereocenters. The van der Waals surface area contributed by atoms with Gasteiger partial charge in [0.1, 0.15) is 12.4 Å². The van der Waals surface area contributed by atoms with Gasteiger partial charge in [0, 0.05) is 12.2 Å². The van der Waals surface area contributed by atoms with Crippen LogP contribution < -0.4 is 10.1 Å². The number of nitrogens with one attached hydrogen (secondary N) is 1. The minimum Gasteiger partial charge on any atom is -0.489 e. The zero-order chi connectivity index (χ0) is 16.1. The Balaban J connectivity index is 1.67. The van der Waals surface area contributed by atoms with Crippen LogP contribution in [-0.2, 0) is 4.74 Å². The normalized spacial score (nSPS) is 17.0. The molecule has 1 fully saturated rings. The number of anilines is 1. The van der Waals surface area contributed by atoms with Crippen molar-refractivity contribution in [1.82, 2.24) is 0 Å². The van der Waals surface area contributed by atoms with Gasteiger partial charge >= 0.3 is 0 Å². The molecule has 1 aliphatic heterocycles. The summed E-state index contributed by atoms with van der Waals surface area (Å²) in [7, 11) is 0. The van der Waals surface area contributed by atoms with Crippen LogP contribution in [0.25, 0.3) is 0 Å². The Morgan fingerprint density at radius 2 is 2.00 bits per heavy atom. The second kappa shape index (κ2) is 7.29. The maximum atomic E-state index is 12.3. The van der Waals surface area contributed by atoms with Gasteiger partial charge in [-0.25, -0.2) is 0 Å². The molecule has 3 rings (SSSR count). The largest absolute Gasteiger partial charge is 0.489 e. The third-order valence-corrected chi connectivity index (χ3v) is 3.90. The first-order chi connectivity index (χ1) is 11.2. The van der Waals surface area contributed by atoms with E-state index >= 15 is 0 Å². The number of carbonyl (C=O) groups excluding carboxylic acids is 1. The summed E-state index contributed by atoms with van der Waals surface area (Å²) >= 11 is 0. The van der Waals surface area contributed by atoms with Crippen molar-refractivity contribution < 1.29 is 14.3 Å². The van der Waals surface area contributed by atoms with Crippen molar-refractivity contribution in [3.63, 3.8) is 0 Å². The molecule has 4 nitrogen and oxygen atoms in total. The van der Waals surface area contributed by atoms with E-state index in [0.717, 1.165) is 25.0 Å². The summed E-state index contributed by atoms with van der Waals surface area (Å²) in [5.41, 5.74) is 2.43. The predicted octanol–water partition coefficient (Wildman–Crippen LogP) is 3.81. The Morgan fingerprint density at radius 1 is 1.22 bits per heavy atom. The van der Waals surface area contributed by atoms with Crippen molar-refractivity contribution in [2.75, 3.05) is 18.5 Å². The van der Waals surface area contributed by atoms with Crippen LogP contribution in [0.2, 0.25) is 0 Å². The monoisotopic (exact) mass is 311 g/mol. The van der Waals surface area contributed by atoms with Crippen LogP contribution in [0.1, 0.15) is 28.8 Å². The van der Waals surface area contributed by atoms with Crippen LogP contribution in [0.5, 0.6) is 5.75 Å². The Bertz CT molecular complexity index is 661. The summed E-state index contributed by atoms with van der Waals surface area (Å²) in [6, 6.07) is 15.0. The number of aryl methyl sites for hydroxylation is 1. The molecule has 1 amide bonds. The fraction of sp³-hybridized carbons (Fsp3) is 0.316. The molecule has 0 radical (unpaired) electrons. The zero-order valence-electron chi connectivity index (χ0n) is 13.2. The van der Waals surface area contributed by atoms with E-state index in [1.807, 2.05) is 55.5 Å². The quantitative estimate of drug-likeness (QED) is 0.913. The highest BCUT2D eigenvalue weighted by atomic mass is 16.5. The number of para-hydroxylation sites is 2. The van der Waals surface area contributed by atoms with Crippen LogP contribution in [0.15, 0.2) is 48.5 Å². The third kappa shape index (κ3) is 4.11. The Kier molecular flexibility index (Phi) is 4.93. The molecule has 0 aliphatic carbocycles. The van der Waals surface area contributed by atoms with Gasteiger partial charge in [0.15, 0.2) is 0 Å². The van der Waals surface area contributed by atoms with Crippen LogP contribution >= 0.6 is 0 Å². The summed E-state index contributed by atoms with van der Waals surface area (Å²) in [4.78, 5) is 12.3. The molecule has 1 aliphatic rings. The standard InChI is InChI=1S/C19H21NO3/c1-14-8-10-15(11-9-14)19(21)20-17-6-2-3-7-18(17)23-13-16-5-4-12-22-16/h2-3,6-11,16H,4-5,12-13H2,1H3,(H,20,21)/t16-/m0/s1. The molecule has 0 saturated carbocycles. The lowest BCUT2D eigenvalue weighted by molar-refractivity contribution is 0.0682. The number of hydrogen-bond acceptors (Lipinski definition) is 3. The average Bonchev–Trinajstić information content (AvgIpc) is 3.08. The van der Waals surface area contributed by atoms with E-state index in [0.29, 0.717) is 23.6 Å². The second-order valence-corrected chi connectivity index (χ2v) is 5.76. The van der Waals surface area contributed by atoms with E-state index in [4.69, 9.17) is 9.47 Å². The van der Waals surface area contributed by atoms with Crippen LogP contribution in [0.4, 0.5) is 5.69 Å². The molecule has 23 heavy (non-hydrogen) atoms. The van der Waals surface area contributed by atoms with Gasteiger partial charge < -0.3 is 14.8 Å². The number of hydrogen-bond donors (Lipinski definition) is 1. The fourth-order valence-electron chi connectivity index (χ4n) is 2.55. The highest BCUT2D eigenvalue weighted by Gasteiger charge is 2.17. The van der Waals surface area contributed by atoms with Gasteiger partial charge in [-0.1, -0.05) is 29.8 Å². The van der Waals surface area contributed by atoms with E-state index in [9.17, 15) is 4.79 Å². The molecule has 1 heterocycles. The maximum Gasteiger partial charge on any atom is 0.255 e. The first kappa shape index (κ1) is 15.6. The van der Waals surface area contributed by atoms with E-state index in [1.54, 1.807) is 0 Å². The van der Waals surface area contributed by atoms with Gasteiger partial charge in [-0.05, 0) is 44.0 Å². The molecule has 4 heteroatoms. The first-order valence-electron chi connectivity index (χ1n) is 7.94. The Hall–Kier alpha value is -2.33. The molecule has 0 spiro atoms. The minimum absolute atomic E-state index is 0.141. The number of rotatable bonds is 5. The van der Waals surface area contributed by atoms with Crippen molar-refractivity contribution >= 4 is 11.6 Å². The SMILES string of the molecule is Cc1ccc(C(=O)Nc2ccccc2OC[C@@H]2CCCO2)cc1. The summed E-state index contributed by atoms with van der Waals surface area (Å²) in [6.45, 7) is 3.31. The van der Waals surface area contributed by atoms with Crippen molar-refractivity contribution in [3.8, 4) is 5.75 Å². The molecule has 2 aromatic carbocycles. The van der Waals surface area contributed by atoms with E-state index in [2.05, 4.69) is 5.32 Å². The number of ether oxygens (including phenoxy) is 2. The lowest BCUT2D eigenvalue weighted by atomic mass is 10.1. The van der Waals surface area contributed by atoms with Gasteiger partial charge in [-0.3, -0.25) is 4.79 Å². The molecule has 2 aromatic rings. The smallest absolute Gasteiger partial charge is 0.255 e. The number of benzene rings is 2. The van der Waals surface area contributed by atoms with Crippen LogP contribution in [0, 0.1) is 6.92 Å². The van der Waals surface area contributed by atoms with E-state index in [-0.39, 0.29) is 12.0 Å². The fourth-order valence-corrected chi connectivity index (χ4v) is 2.55. The molecule has 120 valence electrons. The highest BCUT2D eigenvalue weighted by molar-refractivity contribution is 6.05. The van der Waals surface area contributed by atoms with Crippen LogP contribution in [0.3, 0.4) is 0 Å². The summed E-state index contributed by atoms with van der Waals surface area (Å²) in [5, 5.41) is 2.92. The van der Waals surface area contributed by atoms with E-state index < -0.39 is 0 Å². The molecular weight excluding hydrogens is 290 g/mol. The first-order valence-corrected chi connectivity index (χ1v) is 7.94. The number of amides is 1. The third-order valence-electron chi connectivity index (χ3n) is 3.90. The van der Waals surface area contributed by atoms with Gasteiger partial charge in [-0.2, -0.15) is 0 Å². The summed E-state index contributed by atoms with van der Waals surface area (Å²) in [6.07, 6.45) is 2.26. The molecule has 1 saturated heterocycles. The summed E-state index contributed by atoms with van der Waals surface area (Å²) < 4.78 is 11.4. The topological polar surface area (TPSA) is 47.6 Å². The van der Waals surface area contributed by atoms with E-state index in [1.165, 1.54) is 0 Å². The lowest BCUT2D eigenvalue weighted by Gasteiger charge is -2.15. The molecular formula is C19H21NO3. The lowest BCUT2D eigenvalue weighted by Crippen LogP contribution is -2.18. The molecule has 1 N–H and O–H groups in total. The average molecular weight is 311 g/mol. The van der Waals surface area contributed by atoms with Gasteiger partial charge in [-0.15, -0.1) is 0 Å². The molecule has 0 aromatic heterocycles. The minimum atomic E-state index is -0.141. The highest BCUT2D eigenvalue weighted by Crippen LogP contribution is 2.25. The van der Waals surface area contributed by atoms with Gasteiger partial charge in [0.05, 0.1) is 11.8 Å². The Labute approximate surface area is 136 Å². The van der Waals surface area contributed by atoms with Crippen molar-refractivity contribution in [3.05, 3.63) is 59.7 Å². The van der Waals surface area contributed by atoms with Crippen molar-refractivity contribution in [2.24, 2.45) is 0 Å².